The van der Waals surface area contributed by atoms with E-state index in [9.17, 15) is 4.79 Å². The third-order valence-corrected chi connectivity index (χ3v) is 3.10. The molecule has 0 unspecified atom stereocenters. The molecule has 0 bridgehead atoms. The van der Waals surface area contributed by atoms with Crippen molar-refractivity contribution in [1.29, 1.82) is 0 Å². The summed E-state index contributed by atoms with van der Waals surface area (Å²) in [7, 11) is 0. The number of carbonyl (C=O) groups excluding carboxylic acids is 1. The van der Waals surface area contributed by atoms with E-state index in [0.29, 0.717) is 23.7 Å². The van der Waals surface area contributed by atoms with Crippen LogP contribution in [-0.4, -0.2) is 25.7 Å². The van der Waals surface area contributed by atoms with Gasteiger partial charge >= 0.3 is 0 Å². The predicted octanol–water partition coefficient (Wildman–Crippen LogP) is 1.43. The average Bonchev–Trinajstić information content (AvgIpc) is 2.38. The van der Waals surface area contributed by atoms with Crippen molar-refractivity contribution < 1.29 is 9.53 Å². The Balaban J connectivity index is 1.87. The number of amides is 1. The number of hydrogen-bond acceptors (Lipinski definition) is 3. The van der Waals surface area contributed by atoms with E-state index in [2.05, 4.69) is 5.32 Å². The number of nitrogen functional groups attached to an aromatic ring is 1. The van der Waals surface area contributed by atoms with Crippen LogP contribution in [0.3, 0.4) is 0 Å². The van der Waals surface area contributed by atoms with Crippen LogP contribution in [0, 0.1) is 5.92 Å². The van der Waals surface area contributed by atoms with Gasteiger partial charge in [-0.1, -0.05) is 12.1 Å². The van der Waals surface area contributed by atoms with E-state index in [-0.39, 0.29) is 5.91 Å². The molecule has 0 atom stereocenters. The summed E-state index contributed by atoms with van der Waals surface area (Å²) >= 11 is 0. The molecule has 92 valence electrons. The quantitative estimate of drug-likeness (QED) is 0.777. The number of rotatable bonds is 3. The molecule has 0 aliphatic carbocycles. The number of carbonyl (C=O) groups is 1. The molecular weight excluding hydrogens is 216 g/mol. The van der Waals surface area contributed by atoms with Gasteiger partial charge in [0.1, 0.15) is 0 Å². The van der Waals surface area contributed by atoms with Crippen LogP contribution in [0.4, 0.5) is 5.69 Å². The van der Waals surface area contributed by atoms with Gasteiger partial charge in [-0.25, -0.2) is 0 Å². The Kier molecular flexibility index (Phi) is 3.98. The van der Waals surface area contributed by atoms with Gasteiger partial charge in [0.25, 0.3) is 5.91 Å². The number of nitrogens with one attached hydrogen (secondary N) is 1. The van der Waals surface area contributed by atoms with E-state index in [1.807, 2.05) is 12.1 Å². The molecule has 1 heterocycles. The highest BCUT2D eigenvalue weighted by atomic mass is 16.5. The van der Waals surface area contributed by atoms with Gasteiger partial charge < -0.3 is 15.8 Å². The first-order valence-electron chi connectivity index (χ1n) is 5.98. The highest BCUT2D eigenvalue weighted by Crippen LogP contribution is 2.14. The molecule has 4 nitrogen and oxygen atoms in total. The molecule has 1 fully saturated rings. The Labute approximate surface area is 101 Å². The molecule has 1 aliphatic heterocycles. The summed E-state index contributed by atoms with van der Waals surface area (Å²) in [4.78, 5) is 11.9. The monoisotopic (exact) mass is 234 g/mol. The van der Waals surface area contributed by atoms with Crippen LogP contribution in [0.2, 0.25) is 0 Å². The van der Waals surface area contributed by atoms with Crippen LogP contribution in [-0.2, 0) is 4.74 Å². The molecular formula is C13H18N2O2. The molecule has 0 radical (unpaired) electrons. The van der Waals surface area contributed by atoms with Gasteiger partial charge in [-0.15, -0.1) is 0 Å². The molecule has 3 N–H and O–H groups in total. The van der Waals surface area contributed by atoms with Crippen molar-refractivity contribution in [2.45, 2.75) is 12.8 Å². The van der Waals surface area contributed by atoms with Crippen LogP contribution in [0.5, 0.6) is 0 Å². The highest BCUT2D eigenvalue weighted by molar-refractivity contribution is 5.99. The second kappa shape index (κ2) is 5.68. The molecule has 4 heteroatoms. The maximum atomic E-state index is 11.9. The molecule has 0 aromatic heterocycles. The number of anilines is 1. The first kappa shape index (κ1) is 11.9. The minimum Gasteiger partial charge on any atom is -0.398 e. The van der Waals surface area contributed by atoms with Gasteiger partial charge in [-0.05, 0) is 30.9 Å². The number of para-hydroxylation sites is 1. The minimum absolute atomic E-state index is 0.0883. The van der Waals surface area contributed by atoms with E-state index >= 15 is 0 Å². The lowest BCUT2D eigenvalue weighted by Gasteiger charge is -2.22. The van der Waals surface area contributed by atoms with E-state index in [4.69, 9.17) is 10.5 Å². The fourth-order valence-electron chi connectivity index (χ4n) is 1.99. The molecule has 0 saturated carbocycles. The van der Waals surface area contributed by atoms with Gasteiger partial charge in [0.2, 0.25) is 0 Å². The van der Waals surface area contributed by atoms with Crippen LogP contribution < -0.4 is 11.1 Å². The van der Waals surface area contributed by atoms with E-state index in [0.717, 1.165) is 26.1 Å². The average molecular weight is 234 g/mol. The first-order valence-corrected chi connectivity index (χ1v) is 5.98. The van der Waals surface area contributed by atoms with Crippen LogP contribution in [0.1, 0.15) is 23.2 Å². The summed E-state index contributed by atoms with van der Waals surface area (Å²) in [6.45, 7) is 2.30. The van der Waals surface area contributed by atoms with Crippen molar-refractivity contribution in [3.63, 3.8) is 0 Å². The van der Waals surface area contributed by atoms with Crippen molar-refractivity contribution in [2.24, 2.45) is 5.92 Å². The van der Waals surface area contributed by atoms with Crippen molar-refractivity contribution in [2.75, 3.05) is 25.5 Å². The summed E-state index contributed by atoms with van der Waals surface area (Å²) in [5.41, 5.74) is 6.83. The zero-order valence-corrected chi connectivity index (χ0v) is 9.82. The van der Waals surface area contributed by atoms with E-state index < -0.39 is 0 Å². The standard InChI is InChI=1S/C13H18N2O2/c14-12-4-2-1-3-11(12)13(16)15-9-10-5-7-17-8-6-10/h1-4,10H,5-9,14H2,(H,15,16). The second-order valence-electron chi connectivity index (χ2n) is 4.35. The molecule has 17 heavy (non-hydrogen) atoms. The van der Waals surface area contributed by atoms with Gasteiger partial charge in [0.15, 0.2) is 0 Å². The summed E-state index contributed by atoms with van der Waals surface area (Å²) in [6.07, 6.45) is 2.04. The number of ether oxygens (including phenoxy) is 1. The van der Waals surface area contributed by atoms with Gasteiger partial charge in [0, 0.05) is 25.4 Å². The number of nitrogens with two attached hydrogens (primary N) is 1. The summed E-state index contributed by atoms with van der Waals surface area (Å²) in [5, 5.41) is 2.94. The first-order chi connectivity index (χ1) is 8.27. The number of benzene rings is 1. The maximum Gasteiger partial charge on any atom is 0.253 e. The summed E-state index contributed by atoms with van der Waals surface area (Å²) in [6, 6.07) is 7.13. The molecule has 1 saturated heterocycles. The minimum atomic E-state index is -0.0883. The molecule has 0 spiro atoms. The lowest BCUT2D eigenvalue weighted by molar-refractivity contribution is 0.0643. The Morgan fingerprint density at radius 1 is 1.35 bits per heavy atom. The van der Waals surface area contributed by atoms with Crippen molar-refractivity contribution in [1.82, 2.24) is 5.32 Å². The van der Waals surface area contributed by atoms with Crippen LogP contribution in [0.25, 0.3) is 0 Å². The largest absolute Gasteiger partial charge is 0.398 e. The Bertz CT molecular complexity index is 387. The van der Waals surface area contributed by atoms with Gasteiger partial charge in [-0.3, -0.25) is 4.79 Å². The van der Waals surface area contributed by atoms with Crippen molar-refractivity contribution in [3.05, 3.63) is 29.8 Å². The van der Waals surface area contributed by atoms with E-state index in [1.165, 1.54) is 0 Å². The summed E-state index contributed by atoms with van der Waals surface area (Å²) < 4.78 is 5.28. The Hall–Kier alpha value is -1.55. The van der Waals surface area contributed by atoms with Gasteiger partial charge in [0.05, 0.1) is 5.56 Å². The second-order valence-corrected chi connectivity index (χ2v) is 4.35. The lowest BCUT2D eigenvalue weighted by atomic mass is 10.0. The fraction of sp³-hybridized carbons (Fsp3) is 0.462. The Morgan fingerprint density at radius 3 is 2.76 bits per heavy atom. The molecule has 2 rings (SSSR count). The summed E-state index contributed by atoms with van der Waals surface area (Å²) in [5.74, 6) is 0.437. The SMILES string of the molecule is Nc1ccccc1C(=O)NCC1CCOCC1. The molecule has 1 aromatic carbocycles. The van der Waals surface area contributed by atoms with Crippen LogP contribution >= 0.6 is 0 Å². The van der Waals surface area contributed by atoms with Crippen molar-refractivity contribution in [3.8, 4) is 0 Å². The Morgan fingerprint density at radius 2 is 2.06 bits per heavy atom. The highest BCUT2D eigenvalue weighted by Gasteiger charge is 2.15. The molecule has 1 aliphatic rings. The maximum absolute atomic E-state index is 11.9. The zero-order valence-electron chi connectivity index (χ0n) is 9.82. The molecule has 1 aromatic rings. The predicted molar refractivity (Wildman–Crippen MR) is 66.7 cm³/mol. The molecule has 1 amide bonds. The van der Waals surface area contributed by atoms with E-state index in [1.54, 1.807) is 12.1 Å². The smallest absolute Gasteiger partial charge is 0.253 e. The zero-order chi connectivity index (χ0) is 12.1. The van der Waals surface area contributed by atoms with Gasteiger partial charge in [-0.2, -0.15) is 0 Å². The third kappa shape index (κ3) is 3.20. The third-order valence-electron chi connectivity index (χ3n) is 3.10. The van der Waals surface area contributed by atoms with Crippen molar-refractivity contribution >= 4 is 11.6 Å². The normalized spacial score (nSPS) is 16.7. The topological polar surface area (TPSA) is 64.4 Å². The fourth-order valence-corrected chi connectivity index (χ4v) is 1.99. The lowest BCUT2D eigenvalue weighted by Crippen LogP contribution is -2.32. The number of hydrogen-bond donors (Lipinski definition) is 2. The van der Waals surface area contributed by atoms with Crippen LogP contribution in [0.15, 0.2) is 24.3 Å².